The van der Waals surface area contributed by atoms with E-state index < -0.39 is 17.9 Å². The highest BCUT2D eigenvalue weighted by Crippen LogP contribution is 2.07. The zero-order valence-corrected chi connectivity index (χ0v) is 10.6. The molecule has 1 aromatic rings. The van der Waals surface area contributed by atoms with Gasteiger partial charge in [0.1, 0.15) is 12.4 Å². The van der Waals surface area contributed by atoms with Gasteiger partial charge in [-0.3, -0.25) is 0 Å². The molecule has 0 aliphatic carbocycles. The maximum atomic E-state index is 12.6. The van der Waals surface area contributed by atoms with Crippen molar-refractivity contribution in [2.45, 2.75) is 38.7 Å². The summed E-state index contributed by atoms with van der Waals surface area (Å²) in [5, 5.41) is 9.58. The molecule has 0 unspecified atom stereocenters. The van der Waals surface area contributed by atoms with Gasteiger partial charge >= 0.3 is 5.97 Å². The van der Waals surface area contributed by atoms with Gasteiger partial charge < -0.3 is 9.84 Å². The molecule has 1 aromatic carbocycles. The number of aliphatic hydroxyl groups is 1. The van der Waals surface area contributed by atoms with E-state index in [-0.39, 0.29) is 12.2 Å². The van der Waals surface area contributed by atoms with Gasteiger partial charge in [0.05, 0.1) is 11.7 Å². The number of ether oxygens (including phenoxy) is 1. The van der Waals surface area contributed by atoms with Crippen LogP contribution in [0.5, 0.6) is 0 Å². The van der Waals surface area contributed by atoms with Crippen LogP contribution in [-0.2, 0) is 4.74 Å². The number of unbranched alkanes of at least 4 members (excludes halogenated alkanes) is 2. The summed E-state index contributed by atoms with van der Waals surface area (Å²) in [6.45, 7) is 2.07. The van der Waals surface area contributed by atoms with Crippen molar-refractivity contribution in [3.63, 3.8) is 0 Å². The van der Waals surface area contributed by atoms with E-state index in [0.29, 0.717) is 6.42 Å². The Balaban J connectivity index is 2.30. The minimum Gasteiger partial charge on any atom is -0.459 e. The van der Waals surface area contributed by atoms with Gasteiger partial charge in [-0.2, -0.15) is 0 Å². The average Bonchev–Trinajstić information content (AvgIpc) is 2.37. The molecule has 0 fully saturated rings. The summed E-state index contributed by atoms with van der Waals surface area (Å²) in [7, 11) is 0. The molecular formula is C14H19FO3. The molecule has 0 bridgehead atoms. The van der Waals surface area contributed by atoms with Crippen LogP contribution in [0.4, 0.5) is 4.39 Å². The van der Waals surface area contributed by atoms with E-state index in [1.54, 1.807) is 0 Å². The average molecular weight is 254 g/mol. The molecule has 0 heterocycles. The first kappa shape index (κ1) is 14.6. The summed E-state index contributed by atoms with van der Waals surface area (Å²) >= 11 is 0. The Morgan fingerprint density at radius 2 is 2.00 bits per heavy atom. The minimum absolute atomic E-state index is 0.0140. The quantitative estimate of drug-likeness (QED) is 0.601. The van der Waals surface area contributed by atoms with Crippen LogP contribution in [0.2, 0.25) is 0 Å². The molecule has 0 saturated carbocycles. The summed E-state index contributed by atoms with van der Waals surface area (Å²) in [5.41, 5.74) is 0.289. The number of halogens is 1. The fourth-order valence-electron chi connectivity index (χ4n) is 1.55. The maximum absolute atomic E-state index is 12.6. The molecule has 0 aromatic heterocycles. The zero-order chi connectivity index (χ0) is 13.4. The summed E-state index contributed by atoms with van der Waals surface area (Å²) < 4.78 is 17.6. The van der Waals surface area contributed by atoms with Gasteiger partial charge in [-0.15, -0.1) is 0 Å². The molecule has 4 heteroatoms. The van der Waals surface area contributed by atoms with Gasteiger partial charge in [0.15, 0.2) is 0 Å². The van der Waals surface area contributed by atoms with Gasteiger partial charge in [0, 0.05) is 0 Å². The normalized spacial score (nSPS) is 12.2. The molecule has 0 radical (unpaired) electrons. The molecule has 1 N–H and O–H groups in total. The lowest BCUT2D eigenvalue weighted by Crippen LogP contribution is -2.18. The fourth-order valence-corrected chi connectivity index (χ4v) is 1.55. The van der Waals surface area contributed by atoms with E-state index in [1.807, 2.05) is 0 Å². The second-order valence-electron chi connectivity index (χ2n) is 4.25. The first-order valence-electron chi connectivity index (χ1n) is 6.24. The number of carbonyl (C=O) groups is 1. The minimum atomic E-state index is -0.624. The predicted molar refractivity (Wildman–Crippen MR) is 66.8 cm³/mol. The zero-order valence-electron chi connectivity index (χ0n) is 10.6. The summed E-state index contributed by atoms with van der Waals surface area (Å²) in [6, 6.07) is 5.13. The van der Waals surface area contributed by atoms with Gasteiger partial charge in [-0.1, -0.05) is 26.2 Å². The molecule has 0 spiro atoms. The van der Waals surface area contributed by atoms with Gasteiger partial charge in [0.2, 0.25) is 0 Å². The summed E-state index contributed by atoms with van der Waals surface area (Å²) in [6.07, 6.45) is 3.07. The van der Waals surface area contributed by atoms with E-state index in [1.165, 1.54) is 24.3 Å². The number of aliphatic hydroxyl groups excluding tert-OH is 1. The van der Waals surface area contributed by atoms with Crippen molar-refractivity contribution in [2.24, 2.45) is 0 Å². The number of benzene rings is 1. The van der Waals surface area contributed by atoms with Gasteiger partial charge in [-0.05, 0) is 30.7 Å². The van der Waals surface area contributed by atoms with Crippen molar-refractivity contribution >= 4 is 5.97 Å². The van der Waals surface area contributed by atoms with Crippen LogP contribution >= 0.6 is 0 Å². The van der Waals surface area contributed by atoms with E-state index in [2.05, 4.69) is 6.92 Å². The third kappa shape index (κ3) is 5.27. The summed E-state index contributed by atoms with van der Waals surface area (Å²) in [5.74, 6) is -0.935. The first-order valence-corrected chi connectivity index (χ1v) is 6.24. The van der Waals surface area contributed by atoms with Crippen molar-refractivity contribution in [3.05, 3.63) is 35.6 Å². The van der Waals surface area contributed by atoms with Crippen LogP contribution < -0.4 is 0 Å². The smallest absolute Gasteiger partial charge is 0.338 e. The monoisotopic (exact) mass is 254 g/mol. The molecule has 3 nitrogen and oxygen atoms in total. The largest absolute Gasteiger partial charge is 0.459 e. The van der Waals surface area contributed by atoms with Crippen LogP contribution in [0.15, 0.2) is 24.3 Å². The third-order valence-electron chi connectivity index (χ3n) is 2.63. The number of rotatable bonds is 7. The van der Waals surface area contributed by atoms with E-state index in [4.69, 9.17) is 4.74 Å². The number of esters is 1. The lowest BCUT2D eigenvalue weighted by Gasteiger charge is -2.10. The van der Waals surface area contributed by atoms with Crippen LogP contribution in [-0.4, -0.2) is 23.8 Å². The fraction of sp³-hybridized carbons (Fsp3) is 0.500. The SMILES string of the molecule is CCCCC[C@H](O)COC(=O)c1ccc(F)cc1. The highest BCUT2D eigenvalue weighted by Gasteiger charge is 2.10. The van der Waals surface area contributed by atoms with E-state index in [9.17, 15) is 14.3 Å². The van der Waals surface area contributed by atoms with Crippen molar-refractivity contribution < 1.29 is 19.0 Å². The Bertz CT molecular complexity index is 362. The Morgan fingerprint density at radius 3 is 2.61 bits per heavy atom. The number of carbonyl (C=O) groups excluding carboxylic acids is 1. The van der Waals surface area contributed by atoms with Crippen molar-refractivity contribution in [2.75, 3.05) is 6.61 Å². The Morgan fingerprint density at radius 1 is 1.33 bits per heavy atom. The van der Waals surface area contributed by atoms with Crippen LogP contribution in [0.1, 0.15) is 43.0 Å². The highest BCUT2D eigenvalue weighted by molar-refractivity contribution is 5.89. The molecule has 0 saturated heterocycles. The van der Waals surface area contributed by atoms with Crippen LogP contribution in [0, 0.1) is 5.82 Å². The number of hydrogen-bond acceptors (Lipinski definition) is 3. The first-order chi connectivity index (χ1) is 8.63. The molecule has 18 heavy (non-hydrogen) atoms. The van der Waals surface area contributed by atoms with Crippen LogP contribution in [0.25, 0.3) is 0 Å². The highest BCUT2D eigenvalue weighted by atomic mass is 19.1. The van der Waals surface area contributed by atoms with Crippen molar-refractivity contribution in [3.8, 4) is 0 Å². The molecule has 1 atom stereocenters. The van der Waals surface area contributed by atoms with Crippen molar-refractivity contribution in [1.82, 2.24) is 0 Å². The summed E-state index contributed by atoms with van der Waals surface area (Å²) in [4.78, 5) is 11.5. The molecule has 0 amide bonds. The van der Waals surface area contributed by atoms with Gasteiger partial charge in [-0.25, -0.2) is 9.18 Å². The maximum Gasteiger partial charge on any atom is 0.338 e. The second-order valence-corrected chi connectivity index (χ2v) is 4.25. The Labute approximate surface area is 107 Å². The molecule has 0 aliphatic heterocycles. The predicted octanol–water partition coefficient (Wildman–Crippen LogP) is 2.92. The van der Waals surface area contributed by atoms with Crippen LogP contribution in [0.3, 0.4) is 0 Å². The number of hydrogen-bond donors (Lipinski definition) is 1. The third-order valence-corrected chi connectivity index (χ3v) is 2.63. The Kier molecular flexibility index (Phi) is 6.36. The molecule has 0 aliphatic rings. The Hall–Kier alpha value is -1.42. The van der Waals surface area contributed by atoms with E-state index >= 15 is 0 Å². The lowest BCUT2D eigenvalue weighted by molar-refractivity contribution is 0.0233. The van der Waals surface area contributed by atoms with E-state index in [0.717, 1.165) is 19.3 Å². The second kappa shape index (κ2) is 7.82. The lowest BCUT2D eigenvalue weighted by atomic mass is 10.1. The molecule has 100 valence electrons. The molecule has 1 rings (SSSR count). The van der Waals surface area contributed by atoms with Crippen molar-refractivity contribution in [1.29, 1.82) is 0 Å². The van der Waals surface area contributed by atoms with Gasteiger partial charge in [0.25, 0.3) is 0 Å². The topological polar surface area (TPSA) is 46.5 Å². The standard InChI is InChI=1S/C14H19FO3/c1-2-3-4-5-13(16)10-18-14(17)11-6-8-12(15)9-7-11/h6-9,13,16H,2-5,10H2,1H3/t13-/m0/s1. The molecular weight excluding hydrogens is 235 g/mol.